The van der Waals surface area contributed by atoms with E-state index in [1.165, 1.54) is 13.2 Å². The number of ether oxygens (including phenoxy) is 2. The van der Waals surface area contributed by atoms with Gasteiger partial charge in [0.05, 0.1) is 18.9 Å². The number of halogens is 1. The summed E-state index contributed by atoms with van der Waals surface area (Å²) >= 11 is 3.19. The minimum absolute atomic E-state index is 0.231. The van der Waals surface area contributed by atoms with E-state index in [9.17, 15) is 13.2 Å². The molecule has 0 saturated heterocycles. The molecule has 0 aliphatic rings. The fraction of sp³-hybridized carbons (Fsp3) is 0.364. The molecule has 0 heterocycles. The van der Waals surface area contributed by atoms with Crippen molar-refractivity contribution in [2.75, 3.05) is 11.8 Å². The molecule has 112 valence electrons. The van der Waals surface area contributed by atoms with Crippen LogP contribution in [-0.2, 0) is 14.9 Å². The molecule has 9 heteroatoms. The quantitative estimate of drug-likeness (QED) is 0.833. The van der Waals surface area contributed by atoms with Gasteiger partial charge in [-0.3, -0.25) is 4.72 Å². The van der Waals surface area contributed by atoms with Gasteiger partial charge in [-0.05, 0) is 41.9 Å². The molecule has 1 aromatic carbocycles. The van der Waals surface area contributed by atoms with Gasteiger partial charge in [0, 0.05) is 10.5 Å². The van der Waals surface area contributed by atoms with Crippen LogP contribution in [0, 0.1) is 0 Å². The summed E-state index contributed by atoms with van der Waals surface area (Å²) in [5.41, 5.74) is 0.231. The van der Waals surface area contributed by atoms with Crippen molar-refractivity contribution in [3.63, 3.8) is 0 Å². The summed E-state index contributed by atoms with van der Waals surface area (Å²) in [5.74, 6) is 0.468. The molecule has 0 atom stereocenters. The molecule has 1 amide bonds. The third kappa shape index (κ3) is 5.25. The zero-order valence-electron chi connectivity index (χ0n) is 11.1. The van der Waals surface area contributed by atoms with Gasteiger partial charge < -0.3 is 9.47 Å². The Morgan fingerprint density at radius 1 is 1.35 bits per heavy atom. The number of carbonyl (C=O) groups excluding carboxylic acids is 1. The molecule has 2 N–H and O–H groups in total. The van der Waals surface area contributed by atoms with Crippen LogP contribution in [-0.4, -0.2) is 27.7 Å². The lowest BCUT2D eigenvalue weighted by molar-refractivity contribution is 0.121. The average molecular weight is 367 g/mol. The molecule has 0 fully saturated rings. The first-order valence-corrected chi connectivity index (χ1v) is 7.86. The highest BCUT2D eigenvalue weighted by atomic mass is 79.9. The van der Waals surface area contributed by atoms with Gasteiger partial charge in [0.2, 0.25) is 0 Å². The molecule has 7 nitrogen and oxygen atoms in total. The zero-order valence-corrected chi connectivity index (χ0v) is 13.5. The van der Waals surface area contributed by atoms with Crippen LogP contribution < -0.4 is 14.2 Å². The van der Waals surface area contributed by atoms with Crippen molar-refractivity contribution < 1.29 is 22.7 Å². The molecular formula is C11H15BrN2O5S. The molecule has 1 rings (SSSR count). The number of hydrogen-bond donors (Lipinski definition) is 2. The van der Waals surface area contributed by atoms with Gasteiger partial charge in [-0.2, -0.15) is 8.42 Å². The van der Waals surface area contributed by atoms with Gasteiger partial charge in [0.25, 0.3) is 0 Å². The molecular weight excluding hydrogens is 352 g/mol. The van der Waals surface area contributed by atoms with Crippen LogP contribution >= 0.6 is 15.9 Å². The third-order valence-electron chi connectivity index (χ3n) is 1.98. The van der Waals surface area contributed by atoms with Crippen LogP contribution in [0.5, 0.6) is 5.75 Å². The zero-order chi connectivity index (χ0) is 15.3. The third-order valence-corrected chi connectivity index (χ3v) is 3.59. The number of hydrogen-bond acceptors (Lipinski definition) is 5. The highest BCUT2D eigenvalue weighted by molar-refractivity contribution is 9.10. The Morgan fingerprint density at radius 3 is 2.55 bits per heavy atom. The molecule has 0 bridgehead atoms. The standard InChI is InChI=1S/C11H15BrN2O5S/c1-7(2)19-11(15)14-20(16,17)13-10-6-8(18-3)4-5-9(10)12/h4-7,13H,1-3H3,(H,14,15). The maximum Gasteiger partial charge on any atom is 0.422 e. The molecule has 20 heavy (non-hydrogen) atoms. The first kappa shape index (κ1) is 16.6. The number of amides is 1. The van der Waals surface area contributed by atoms with Gasteiger partial charge in [0.15, 0.2) is 0 Å². The van der Waals surface area contributed by atoms with E-state index < -0.39 is 22.4 Å². The highest BCUT2D eigenvalue weighted by Crippen LogP contribution is 2.27. The molecule has 0 spiro atoms. The highest BCUT2D eigenvalue weighted by Gasteiger charge is 2.17. The second-order valence-electron chi connectivity index (χ2n) is 4.01. The topological polar surface area (TPSA) is 93.7 Å². The van der Waals surface area contributed by atoms with E-state index in [0.717, 1.165) is 0 Å². The second-order valence-corrected chi connectivity index (χ2v) is 6.28. The van der Waals surface area contributed by atoms with Gasteiger partial charge in [-0.25, -0.2) is 9.52 Å². The molecule has 0 saturated carbocycles. The summed E-state index contributed by atoms with van der Waals surface area (Å²) < 4.78 is 37.6. The Kier molecular flexibility index (Phi) is 5.63. The minimum atomic E-state index is -4.09. The van der Waals surface area contributed by atoms with Gasteiger partial charge >= 0.3 is 16.3 Å². The van der Waals surface area contributed by atoms with E-state index in [4.69, 9.17) is 9.47 Å². The summed E-state index contributed by atoms with van der Waals surface area (Å²) in [6.45, 7) is 3.22. The lowest BCUT2D eigenvalue weighted by Gasteiger charge is -2.13. The van der Waals surface area contributed by atoms with Crippen molar-refractivity contribution in [1.82, 2.24) is 4.72 Å². The van der Waals surface area contributed by atoms with Crippen molar-refractivity contribution in [3.8, 4) is 5.75 Å². The molecule has 0 unspecified atom stereocenters. The van der Waals surface area contributed by atoms with Crippen LogP contribution in [0.25, 0.3) is 0 Å². The van der Waals surface area contributed by atoms with Crippen molar-refractivity contribution in [2.45, 2.75) is 20.0 Å². The number of anilines is 1. The first-order valence-electron chi connectivity index (χ1n) is 5.58. The predicted octanol–water partition coefficient (Wildman–Crippen LogP) is 2.25. The van der Waals surface area contributed by atoms with Crippen molar-refractivity contribution >= 4 is 37.9 Å². The molecule has 0 radical (unpaired) electrons. The number of methoxy groups -OCH3 is 1. The minimum Gasteiger partial charge on any atom is -0.497 e. The van der Waals surface area contributed by atoms with Crippen LogP contribution in [0.15, 0.2) is 22.7 Å². The summed E-state index contributed by atoms with van der Waals surface area (Å²) in [7, 11) is -2.63. The van der Waals surface area contributed by atoms with Gasteiger partial charge in [0.1, 0.15) is 5.75 Å². The van der Waals surface area contributed by atoms with Crippen molar-refractivity contribution in [3.05, 3.63) is 22.7 Å². The average Bonchev–Trinajstić information content (AvgIpc) is 2.29. The second kappa shape index (κ2) is 6.80. The Balaban J connectivity index is 2.83. The van der Waals surface area contributed by atoms with Crippen molar-refractivity contribution in [1.29, 1.82) is 0 Å². The number of benzene rings is 1. The largest absolute Gasteiger partial charge is 0.497 e. The van der Waals surface area contributed by atoms with E-state index in [0.29, 0.717) is 10.2 Å². The van der Waals surface area contributed by atoms with E-state index in [1.54, 1.807) is 30.7 Å². The van der Waals surface area contributed by atoms with Crippen LogP contribution in [0.1, 0.15) is 13.8 Å². The fourth-order valence-electron chi connectivity index (χ4n) is 1.23. The fourth-order valence-corrected chi connectivity index (χ4v) is 2.48. The van der Waals surface area contributed by atoms with Crippen LogP contribution in [0.2, 0.25) is 0 Å². The van der Waals surface area contributed by atoms with Crippen LogP contribution in [0.4, 0.5) is 10.5 Å². The smallest absolute Gasteiger partial charge is 0.422 e. The first-order chi connectivity index (χ1) is 9.23. The Hall–Kier alpha value is -1.48. The summed E-state index contributed by atoms with van der Waals surface area (Å²) in [6.07, 6.45) is -1.47. The van der Waals surface area contributed by atoms with Crippen LogP contribution in [0.3, 0.4) is 0 Å². The molecule has 0 aliphatic heterocycles. The maximum absolute atomic E-state index is 11.8. The van der Waals surface area contributed by atoms with E-state index in [1.807, 2.05) is 0 Å². The number of rotatable bonds is 5. The summed E-state index contributed by atoms with van der Waals surface area (Å²) in [5, 5.41) is 0. The Bertz CT molecular complexity index is 588. The number of carbonyl (C=O) groups is 1. The van der Waals surface area contributed by atoms with E-state index >= 15 is 0 Å². The van der Waals surface area contributed by atoms with Crippen molar-refractivity contribution in [2.24, 2.45) is 0 Å². The summed E-state index contributed by atoms with van der Waals surface area (Å²) in [6, 6.07) is 4.74. The number of nitrogens with one attached hydrogen (secondary N) is 2. The summed E-state index contributed by atoms with van der Waals surface area (Å²) in [4.78, 5) is 11.3. The Morgan fingerprint density at radius 2 is 2.00 bits per heavy atom. The van der Waals surface area contributed by atoms with E-state index in [-0.39, 0.29) is 5.69 Å². The Labute approximate surface area is 126 Å². The lowest BCUT2D eigenvalue weighted by Crippen LogP contribution is -2.36. The molecule has 1 aromatic rings. The normalized spacial score (nSPS) is 11.1. The molecule has 0 aromatic heterocycles. The van der Waals surface area contributed by atoms with Gasteiger partial charge in [-0.15, -0.1) is 0 Å². The monoisotopic (exact) mass is 366 g/mol. The molecule has 0 aliphatic carbocycles. The van der Waals surface area contributed by atoms with E-state index in [2.05, 4.69) is 20.7 Å². The predicted molar refractivity (Wildman–Crippen MR) is 78.0 cm³/mol. The lowest BCUT2D eigenvalue weighted by atomic mass is 10.3. The maximum atomic E-state index is 11.8. The van der Waals surface area contributed by atoms with Gasteiger partial charge in [-0.1, -0.05) is 0 Å². The SMILES string of the molecule is COc1ccc(Br)c(NS(=O)(=O)NC(=O)OC(C)C)c1.